The highest BCUT2D eigenvalue weighted by atomic mass is 16.5. The molecule has 0 saturated heterocycles. The number of para-hydroxylation sites is 2. The SMILES string of the molecule is CCN1CC(CN(C)C(=O)c2ccc3c(c2)CCO3)Oc2ccccc21. The van der Waals surface area contributed by atoms with Crippen LogP contribution in [0.2, 0.25) is 0 Å². The molecular formula is C21H24N2O3. The number of carbonyl (C=O) groups is 1. The maximum atomic E-state index is 12.8. The van der Waals surface area contributed by atoms with E-state index in [2.05, 4.69) is 17.9 Å². The molecule has 0 aromatic heterocycles. The van der Waals surface area contributed by atoms with Crippen molar-refractivity contribution in [1.82, 2.24) is 4.90 Å². The van der Waals surface area contributed by atoms with Crippen LogP contribution in [-0.4, -0.2) is 50.2 Å². The second-order valence-electron chi connectivity index (χ2n) is 6.85. The van der Waals surface area contributed by atoms with Gasteiger partial charge in [0.1, 0.15) is 17.6 Å². The Balaban J connectivity index is 1.46. The minimum atomic E-state index is -0.0449. The highest BCUT2D eigenvalue weighted by Gasteiger charge is 2.27. The third kappa shape index (κ3) is 3.09. The first-order valence-corrected chi connectivity index (χ1v) is 9.17. The van der Waals surface area contributed by atoms with Crippen molar-refractivity contribution in [1.29, 1.82) is 0 Å². The fraction of sp³-hybridized carbons (Fsp3) is 0.381. The van der Waals surface area contributed by atoms with E-state index in [1.807, 2.05) is 43.4 Å². The molecule has 1 amide bonds. The maximum Gasteiger partial charge on any atom is 0.253 e. The summed E-state index contributed by atoms with van der Waals surface area (Å²) in [5, 5.41) is 0. The summed E-state index contributed by atoms with van der Waals surface area (Å²) >= 11 is 0. The molecule has 0 radical (unpaired) electrons. The van der Waals surface area contributed by atoms with Crippen LogP contribution in [0, 0.1) is 0 Å². The molecule has 2 aromatic rings. The van der Waals surface area contributed by atoms with Gasteiger partial charge in [0.2, 0.25) is 0 Å². The Hall–Kier alpha value is -2.69. The van der Waals surface area contributed by atoms with Crippen molar-refractivity contribution >= 4 is 11.6 Å². The molecule has 0 fully saturated rings. The highest BCUT2D eigenvalue weighted by molar-refractivity contribution is 5.94. The molecule has 4 rings (SSSR count). The third-order valence-corrected chi connectivity index (χ3v) is 5.07. The Bertz CT molecular complexity index is 821. The average Bonchev–Trinajstić information content (AvgIpc) is 3.14. The zero-order valence-electron chi connectivity index (χ0n) is 15.3. The van der Waals surface area contributed by atoms with Gasteiger partial charge in [-0.3, -0.25) is 4.79 Å². The summed E-state index contributed by atoms with van der Waals surface area (Å²) in [6.07, 6.45) is 0.824. The number of anilines is 1. The minimum absolute atomic E-state index is 0.0187. The minimum Gasteiger partial charge on any atom is -0.493 e. The van der Waals surface area contributed by atoms with Gasteiger partial charge in [-0.2, -0.15) is 0 Å². The molecule has 0 aliphatic carbocycles. The van der Waals surface area contributed by atoms with Crippen LogP contribution in [0.15, 0.2) is 42.5 Å². The number of hydrogen-bond acceptors (Lipinski definition) is 4. The number of carbonyl (C=O) groups excluding carboxylic acids is 1. The van der Waals surface area contributed by atoms with Gasteiger partial charge in [-0.1, -0.05) is 12.1 Å². The van der Waals surface area contributed by atoms with E-state index in [1.54, 1.807) is 4.90 Å². The van der Waals surface area contributed by atoms with Crippen LogP contribution < -0.4 is 14.4 Å². The van der Waals surface area contributed by atoms with Gasteiger partial charge in [0.05, 0.1) is 25.4 Å². The summed E-state index contributed by atoms with van der Waals surface area (Å²) in [5.74, 6) is 1.81. The lowest BCUT2D eigenvalue weighted by molar-refractivity contribution is 0.0709. The van der Waals surface area contributed by atoms with Crippen molar-refractivity contribution in [3.8, 4) is 11.5 Å². The largest absolute Gasteiger partial charge is 0.493 e. The second-order valence-corrected chi connectivity index (χ2v) is 6.85. The molecular weight excluding hydrogens is 328 g/mol. The molecule has 2 aromatic carbocycles. The van der Waals surface area contributed by atoms with Gasteiger partial charge < -0.3 is 19.3 Å². The van der Waals surface area contributed by atoms with Crippen molar-refractivity contribution in [2.45, 2.75) is 19.4 Å². The Morgan fingerprint density at radius 3 is 2.92 bits per heavy atom. The van der Waals surface area contributed by atoms with Crippen molar-refractivity contribution < 1.29 is 14.3 Å². The fourth-order valence-electron chi connectivity index (χ4n) is 3.70. The first-order chi connectivity index (χ1) is 12.7. The van der Waals surface area contributed by atoms with Gasteiger partial charge in [0.25, 0.3) is 5.91 Å². The quantitative estimate of drug-likeness (QED) is 0.848. The zero-order chi connectivity index (χ0) is 18.1. The fourth-order valence-corrected chi connectivity index (χ4v) is 3.70. The van der Waals surface area contributed by atoms with Crippen LogP contribution in [0.4, 0.5) is 5.69 Å². The van der Waals surface area contributed by atoms with Crippen molar-refractivity contribution in [3.05, 3.63) is 53.6 Å². The third-order valence-electron chi connectivity index (χ3n) is 5.07. The molecule has 136 valence electrons. The smallest absolute Gasteiger partial charge is 0.253 e. The normalized spacial score (nSPS) is 17.8. The van der Waals surface area contributed by atoms with Crippen LogP contribution >= 0.6 is 0 Å². The molecule has 0 saturated carbocycles. The standard InChI is InChI=1S/C21H24N2O3/c1-3-23-14-17(26-20-7-5-4-6-18(20)23)13-22(2)21(24)16-8-9-19-15(12-16)10-11-25-19/h4-9,12,17H,3,10-11,13-14H2,1-2H3. The van der Waals surface area contributed by atoms with Gasteiger partial charge in [-0.25, -0.2) is 0 Å². The molecule has 1 atom stereocenters. The van der Waals surface area contributed by atoms with Crippen LogP contribution in [0.5, 0.6) is 11.5 Å². The Kier molecular flexibility index (Phi) is 4.45. The van der Waals surface area contributed by atoms with Crippen molar-refractivity contribution in [2.24, 2.45) is 0 Å². The van der Waals surface area contributed by atoms with Crippen LogP contribution in [-0.2, 0) is 6.42 Å². The monoisotopic (exact) mass is 352 g/mol. The summed E-state index contributed by atoms with van der Waals surface area (Å²) < 4.78 is 11.7. The Morgan fingerprint density at radius 1 is 1.23 bits per heavy atom. The van der Waals surface area contributed by atoms with Crippen molar-refractivity contribution in [3.63, 3.8) is 0 Å². The first kappa shape index (κ1) is 16.8. The van der Waals surface area contributed by atoms with Gasteiger partial charge in [-0.15, -0.1) is 0 Å². The molecule has 5 heteroatoms. The topological polar surface area (TPSA) is 42.0 Å². The maximum absolute atomic E-state index is 12.8. The second kappa shape index (κ2) is 6.90. The van der Waals surface area contributed by atoms with Crippen LogP contribution in [0.3, 0.4) is 0 Å². The molecule has 1 unspecified atom stereocenters. The van der Waals surface area contributed by atoms with E-state index in [1.165, 1.54) is 0 Å². The van der Waals surface area contributed by atoms with Gasteiger partial charge >= 0.3 is 0 Å². The number of benzene rings is 2. The molecule has 2 aliphatic heterocycles. The number of nitrogens with zero attached hydrogens (tertiary/aromatic N) is 2. The Morgan fingerprint density at radius 2 is 2.08 bits per heavy atom. The summed E-state index contributed by atoms with van der Waals surface area (Å²) in [5.41, 5.74) is 2.95. The van der Waals surface area contributed by atoms with Crippen LogP contribution in [0.25, 0.3) is 0 Å². The van der Waals surface area contributed by atoms with E-state index in [4.69, 9.17) is 9.47 Å². The van der Waals surface area contributed by atoms with E-state index < -0.39 is 0 Å². The lowest BCUT2D eigenvalue weighted by atomic mass is 10.1. The molecule has 2 aliphatic rings. The number of likely N-dealkylation sites (N-methyl/N-ethyl adjacent to an activating group) is 2. The number of hydrogen-bond donors (Lipinski definition) is 0. The predicted octanol–water partition coefficient (Wildman–Crippen LogP) is 2.98. The Labute approximate surface area is 154 Å². The average molecular weight is 352 g/mol. The summed E-state index contributed by atoms with van der Waals surface area (Å²) in [7, 11) is 1.84. The van der Waals surface area contributed by atoms with Gasteiger partial charge in [-0.05, 0) is 42.8 Å². The molecule has 0 spiro atoms. The van der Waals surface area contributed by atoms with E-state index >= 15 is 0 Å². The number of fused-ring (bicyclic) bond motifs is 2. The van der Waals surface area contributed by atoms with E-state index in [0.29, 0.717) is 18.7 Å². The molecule has 2 heterocycles. The lowest BCUT2D eigenvalue weighted by Gasteiger charge is -2.37. The predicted molar refractivity (Wildman–Crippen MR) is 101 cm³/mol. The first-order valence-electron chi connectivity index (χ1n) is 9.17. The van der Waals surface area contributed by atoms with E-state index in [0.717, 1.165) is 42.3 Å². The molecule has 5 nitrogen and oxygen atoms in total. The molecule has 0 bridgehead atoms. The number of rotatable bonds is 4. The summed E-state index contributed by atoms with van der Waals surface area (Å²) in [6, 6.07) is 13.8. The molecule has 26 heavy (non-hydrogen) atoms. The van der Waals surface area contributed by atoms with Gasteiger partial charge in [0, 0.05) is 25.6 Å². The lowest BCUT2D eigenvalue weighted by Crippen LogP contribution is -2.46. The summed E-state index contributed by atoms with van der Waals surface area (Å²) in [4.78, 5) is 16.9. The van der Waals surface area contributed by atoms with Crippen LogP contribution in [0.1, 0.15) is 22.8 Å². The highest BCUT2D eigenvalue weighted by Crippen LogP contribution is 2.33. The summed E-state index contributed by atoms with van der Waals surface area (Å²) in [6.45, 7) is 5.09. The number of amides is 1. The molecule has 0 N–H and O–H groups in total. The zero-order valence-corrected chi connectivity index (χ0v) is 15.3. The van der Waals surface area contributed by atoms with Crippen molar-refractivity contribution in [2.75, 3.05) is 38.2 Å². The number of ether oxygens (including phenoxy) is 2. The van der Waals surface area contributed by atoms with E-state index in [9.17, 15) is 4.79 Å². The van der Waals surface area contributed by atoms with Gasteiger partial charge in [0.15, 0.2) is 0 Å². The van der Waals surface area contributed by atoms with E-state index in [-0.39, 0.29) is 12.0 Å².